The van der Waals surface area contributed by atoms with Crippen LogP contribution >= 0.6 is 23.2 Å². The third-order valence-corrected chi connectivity index (χ3v) is 7.28. The van der Waals surface area contributed by atoms with Crippen LogP contribution in [-0.2, 0) is 29.0 Å². The number of hydrogen-bond acceptors (Lipinski definition) is 6. The minimum absolute atomic E-state index is 0.254. The van der Waals surface area contributed by atoms with Crippen molar-refractivity contribution >= 4 is 41.2 Å². The maximum atomic E-state index is 13.3. The zero-order chi connectivity index (χ0) is 32.7. The molecule has 4 rings (SSSR count). The second-order valence-corrected chi connectivity index (χ2v) is 10.9. The third kappa shape index (κ3) is 10.4. The highest BCUT2D eigenvalue weighted by atomic mass is 35.5. The average Bonchev–Trinajstić information content (AvgIpc) is 3.05. The minimum atomic E-state index is -0.906. The van der Waals surface area contributed by atoms with Crippen molar-refractivity contribution in [3.63, 3.8) is 0 Å². The summed E-state index contributed by atoms with van der Waals surface area (Å²) in [6.45, 7) is 6.15. The van der Waals surface area contributed by atoms with Gasteiger partial charge in [0.25, 0.3) is 11.8 Å². The van der Waals surface area contributed by atoms with Crippen molar-refractivity contribution in [1.82, 2.24) is 10.7 Å². The number of ether oxygens (including phenoxy) is 3. The van der Waals surface area contributed by atoms with E-state index in [4.69, 9.17) is 37.4 Å². The number of carbonyl (C=O) groups excluding carboxylic acids is 2. The van der Waals surface area contributed by atoms with E-state index in [2.05, 4.69) is 22.4 Å². The van der Waals surface area contributed by atoms with E-state index in [9.17, 15) is 9.59 Å². The second-order valence-electron chi connectivity index (χ2n) is 10.1. The van der Waals surface area contributed by atoms with Crippen molar-refractivity contribution in [2.24, 2.45) is 5.10 Å². The molecule has 0 unspecified atom stereocenters. The van der Waals surface area contributed by atoms with Gasteiger partial charge in [-0.15, -0.1) is 6.58 Å². The summed E-state index contributed by atoms with van der Waals surface area (Å²) < 4.78 is 17.6. The lowest BCUT2D eigenvalue weighted by atomic mass is 10.1. The zero-order valence-corrected chi connectivity index (χ0v) is 26.9. The fraction of sp³-hybridized carbons (Fsp3) is 0.194. The smallest absolute Gasteiger partial charge is 0.262 e. The summed E-state index contributed by atoms with van der Waals surface area (Å²) in [6, 6.07) is 26.3. The number of allylic oxidation sites excluding steroid dienone is 1. The molecule has 0 aliphatic heterocycles. The number of carbonyl (C=O) groups is 2. The van der Waals surface area contributed by atoms with Gasteiger partial charge in [-0.1, -0.05) is 77.8 Å². The van der Waals surface area contributed by atoms with E-state index < -0.39 is 17.9 Å². The SMILES string of the molecule is C=CCc1cc(/C=N\NC(=O)[C@@H](Cc2ccccc2)NC(=O)COc2ccc(Cl)cc2)cc(OCC)c1OCc1ccccc1Cl. The Morgan fingerprint density at radius 2 is 1.65 bits per heavy atom. The Labute approximate surface area is 279 Å². The molecule has 1 atom stereocenters. The minimum Gasteiger partial charge on any atom is -0.490 e. The number of halogens is 2. The summed E-state index contributed by atoms with van der Waals surface area (Å²) in [5, 5.41) is 8.11. The van der Waals surface area contributed by atoms with Crippen LogP contribution in [0.3, 0.4) is 0 Å². The normalized spacial score (nSPS) is 11.5. The van der Waals surface area contributed by atoms with Crippen molar-refractivity contribution < 1.29 is 23.8 Å². The molecule has 4 aromatic carbocycles. The standard InChI is InChI=1S/C36H35Cl2N3O5/c1-3-10-27-19-26(21-33(44-4-2)35(27)46-23-28-13-8-9-14-31(28)38)22-39-41-36(43)32(20-25-11-6-5-7-12-25)40-34(42)24-45-30-17-15-29(37)16-18-30/h3,5-9,11-19,21-22,32H,1,4,10,20,23-24H2,2H3,(H,40,42)(H,41,43)/b39-22-/t32-/m1/s1. The van der Waals surface area contributed by atoms with E-state index in [0.29, 0.717) is 45.9 Å². The highest BCUT2D eigenvalue weighted by Crippen LogP contribution is 2.34. The van der Waals surface area contributed by atoms with Gasteiger partial charge in [-0.2, -0.15) is 5.10 Å². The fourth-order valence-electron chi connectivity index (χ4n) is 4.48. The first-order valence-corrected chi connectivity index (χ1v) is 15.4. The number of nitrogens with one attached hydrogen (secondary N) is 2. The highest BCUT2D eigenvalue weighted by Gasteiger charge is 2.22. The molecule has 2 N–H and O–H groups in total. The lowest BCUT2D eigenvalue weighted by molar-refractivity contribution is -0.130. The van der Waals surface area contributed by atoms with Gasteiger partial charge < -0.3 is 19.5 Å². The summed E-state index contributed by atoms with van der Waals surface area (Å²) >= 11 is 12.2. The maximum Gasteiger partial charge on any atom is 0.262 e. The van der Waals surface area contributed by atoms with Gasteiger partial charge in [0.2, 0.25) is 0 Å². The molecule has 0 spiro atoms. The number of benzene rings is 4. The Kier molecular flexibility index (Phi) is 13.1. The van der Waals surface area contributed by atoms with Crippen LogP contribution < -0.4 is 25.0 Å². The molecule has 0 aliphatic carbocycles. The van der Waals surface area contributed by atoms with Gasteiger partial charge in [0.15, 0.2) is 18.1 Å². The van der Waals surface area contributed by atoms with Gasteiger partial charge >= 0.3 is 0 Å². The molecular formula is C36H35Cl2N3O5. The first-order valence-electron chi connectivity index (χ1n) is 14.7. The largest absolute Gasteiger partial charge is 0.490 e. The predicted molar refractivity (Wildman–Crippen MR) is 182 cm³/mol. The molecule has 0 aromatic heterocycles. The van der Waals surface area contributed by atoms with E-state index >= 15 is 0 Å². The third-order valence-electron chi connectivity index (χ3n) is 6.65. The van der Waals surface area contributed by atoms with Crippen LogP contribution in [0.4, 0.5) is 0 Å². The van der Waals surface area contributed by atoms with E-state index in [0.717, 1.165) is 16.7 Å². The highest BCUT2D eigenvalue weighted by molar-refractivity contribution is 6.31. The molecule has 46 heavy (non-hydrogen) atoms. The van der Waals surface area contributed by atoms with Crippen molar-refractivity contribution in [1.29, 1.82) is 0 Å². The van der Waals surface area contributed by atoms with Crippen LogP contribution in [0, 0.1) is 0 Å². The van der Waals surface area contributed by atoms with Gasteiger partial charge in [-0.25, -0.2) is 5.43 Å². The van der Waals surface area contributed by atoms with Gasteiger partial charge in [0.05, 0.1) is 12.8 Å². The summed E-state index contributed by atoms with van der Waals surface area (Å²) in [5.41, 5.74) is 5.78. The van der Waals surface area contributed by atoms with Gasteiger partial charge in [-0.3, -0.25) is 9.59 Å². The fourth-order valence-corrected chi connectivity index (χ4v) is 4.80. The number of amides is 2. The Morgan fingerprint density at radius 3 is 2.37 bits per heavy atom. The number of nitrogens with zero attached hydrogens (tertiary/aromatic N) is 1. The molecule has 10 heteroatoms. The zero-order valence-electron chi connectivity index (χ0n) is 25.4. The van der Waals surface area contributed by atoms with Crippen molar-refractivity contribution in [3.8, 4) is 17.2 Å². The van der Waals surface area contributed by atoms with Crippen LogP contribution in [0.1, 0.15) is 29.2 Å². The molecule has 2 amide bonds. The average molecular weight is 661 g/mol. The van der Waals surface area contributed by atoms with Crippen LogP contribution in [-0.4, -0.2) is 37.3 Å². The molecular weight excluding hydrogens is 625 g/mol. The summed E-state index contributed by atoms with van der Waals surface area (Å²) in [4.78, 5) is 26.0. The Balaban J connectivity index is 1.47. The van der Waals surface area contributed by atoms with E-state index in [1.807, 2.05) is 67.6 Å². The molecule has 4 aromatic rings. The predicted octanol–water partition coefficient (Wildman–Crippen LogP) is 6.96. The molecule has 0 bridgehead atoms. The Bertz CT molecular complexity index is 1650. The van der Waals surface area contributed by atoms with Crippen molar-refractivity contribution in [3.05, 3.63) is 136 Å². The summed E-state index contributed by atoms with van der Waals surface area (Å²) in [6.07, 6.45) is 4.04. The number of hydrazone groups is 1. The molecule has 238 valence electrons. The molecule has 8 nitrogen and oxygen atoms in total. The monoisotopic (exact) mass is 659 g/mol. The Hall–Kier alpha value is -4.79. The van der Waals surface area contributed by atoms with E-state index in [-0.39, 0.29) is 19.6 Å². The molecule has 0 radical (unpaired) electrons. The molecule has 0 heterocycles. The first-order chi connectivity index (χ1) is 22.4. The molecule has 0 fully saturated rings. The number of rotatable bonds is 16. The van der Waals surface area contributed by atoms with E-state index in [1.165, 1.54) is 6.21 Å². The first kappa shape index (κ1) is 34.1. The van der Waals surface area contributed by atoms with Gasteiger partial charge in [-0.05, 0) is 66.9 Å². The van der Waals surface area contributed by atoms with Crippen molar-refractivity contribution in [2.45, 2.75) is 32.4 Å². The van der Waals surface area contributed by atoms with Gasteiger partial charge in [0.1, 0.15) is 18.4 Å². The van der Waals surface area contributed by atoms with Crippen molar-refractivity contribution in [2.75, 3.05) is 13.2 Å². The molecule has 0 saturated heterocycles. The second kappa shape index (κ2) is 17.6. The molecule has 0 aliphatic rings. The summed E-state index contributed by atoms with van der Waals surface area (Å²) in [5.74, 6) is 0.635. The maximum absolute atomic E-state index is 13.3. The van der Waals surface area contributed by atoms with E-state index in [1.54, 1.807) is 36.4 Å². The van der Waals surface area contributed by atoms with Gasteiger partial charge in [0, 0.05) is 27.6 Å². The lowest BCUT2D eigenvalue weighted by Crippen LogP contribution is -2.48. The quantitative estimate of drug-likeness (QED) is 0.0770. The van der Waals surface area contributed by atoms with Crippen LogP contribution in [0.5, 0.6) is 17.2 Å². The van der Waals surface area contributed by atoms with Crippen LogP contribution in [0.25, 0.3) is 0 Å². The lowest BCUT2D eigenvalue weighted by Gasteiger charge is -2.18. The van der Waals surface area contributed by atoms with Crippen LogP contribution in [0.2, 0.25) is 10.0 Å². The van der Waals surface area contributed by atoms with Crippen LogP contribution in [0.15, 0.2) is 109 Å². The molecule has 0 saturated carbocycles. The number of hydrogen-bond donors (Lipinski definition) is 2. The topological polar surface area (TPSA) is 98.3 Å². The Morgan fingerprint density at radius 1 is 0.913 bits per heavy atom. The summed E-state index contributed by atoms with van der Waals surface area (Å²) in [7, 11) is 0.